The van der Waals surface area contributed by atoms with Crippen molar-refractivity contribution in [2.75, 3.05) is 19.5 Å². The Labute approximate surface area is 154 Å². The van der Waals surface area contributed by atoms with Gasteiger partial charge >= 0.3 is 11.9 Å². The molecular formula is C15H22N2O6S2. The maximum absolute atomic E-state index is 12.1. The maximum atomic E-state index is 12.1. The second-order valence-corrected chi connectivity index (χ2v) is 7.52. The van der Waals surface area contributed by atoms with Crippen LogP contribution in [0.2, 0.25) is 0 Å². The largest absolute Gasteiger partial charge is 0.467 e. The fraction of sp³-hybridized carbons (Fsp3) is 0.667. The Morgan fingerprint density at radius 3 is 2.60 bits per heavy atom. The third-order valence-electron chi connectivity index (χ3n) is 3.46. The third kappa shape index (κ3) is 6.35. The predicted octanol–water partition coefficient (Wildman–Crippen LogP) is 0.985. The number of carbonyl (C=O) groups excluding carboxylic acids is 4. The van der Waals surface area contributed by atoms with Crippen LogP contribution in [-0.4, -0.2) is 58.9 Å². The van der Waals surface area contributed by atoms with Crippen molar-refractivity contribution in [2.24, 2.45) is 10.9 Å². The summed E-state index contributed by atoms with van der Waals surface area (Å²) in [5.74, 6) is -2.20. The number of amides is 2. The predicted molar refractivity (Wildman–Crippen MR) is 96.3 cm³/mol. The van der Waals surface area contributed by atoms with E-state index in [-0.39, 0.29) is 24.2 Å². The zero-order valence-electron chi connectivity index (χ0n) is 14.6. The highest BCUT2D eigenvalue weighted by Gasteiger charge is 2.36. The Balaban J connectivity index is 2.53. The molecule has 0 aromatic rings. The highest BCUT2D eigenvalue weighted by molar-refractivity contribution is 8.40. The summed E-state index contributed by atoms with van der Waals surface area (Å²) < 4.78 is 9.84. The Morgan fingerprint density at radius 2 is 2.04 bits per heavy atom. The van der Waals surface area contributed by atoms with Crippen LogP contribution in [0.4, 0.5) is 0 Å². The van der Waals surface area contributed by atoms with Crippen molar-refractivity contribution in [3.8, 4) is 0 Å². The molecule has 0 unspecified atom stereocenters. The molecule has 10 heteroatoms. The van der Waals surface area contributed by atoms with E-state index in [1.807, 2.05) is 13.8 Å². The molecule has 0 fully saturated rings. The monoisotopic (exact) mass is 390 g/mol. The number of hydrogen-bond acceptors (Lipinski definition) is 8. The molecule has 0 bridgehead atoms. The lowest BCUT2D eigenvalue weighted by Crippen LogP contribution is -2.46. The SMILES string of the molecule is CCOC(=O)[C@@H]1SC(SCC(=O)N[C@@H](C(=O)OC)[C@H](C)CC)=NC1=O. The van der Waals surface area contributed by atoms with Crippen LogP contribution in [0.25, 0.3) is 0 Å². The number of carbonyl (C=O) groups is 4. The number of hydrogen-bond donors (Lipinski definition) is 1. The van der Waals surface area contributed by atoms with Gasteiger partial charge in [-0.05, 0) is 12.8 Å². The molecule has 1 N–H and O–H groups in total. The van der Waals surface area contributed by atoms with Gasteiger partial charge in [0.2, 0.25) is 5.91 Å². The number of methoxy groups -OCH3 is 1. The van der Waals surface area contributed by atoms with Gasteiger partial charge in [-0.3, -0.25) is 14.4 Å². The number of thioether (sulfide) groups is 2. The number of ether oxygens (including phenoxy) is 2. The molecule has 0 radical (unpaired) electrons. The van der Waals surface area contributed by atoms with E-state index in [1.165, 1.54) is 7.11 Å². The van der Waals surface area contributed by atoms with Crippen molar-refractivity contribution >= 4 is 51.7 Å². The van der Waals surface area contributed by atoms with Crippen molar-refractivity contribution in [1.82, 2.24) is 5.32 Å². The van der Waals surface area contributed by atoms with Crippen LogP contribution in [0.1, 0.15) is 27.2 Å². The minimum atomic E-state index is -1.01. The zero-order valence-corrected chi connectivity index (χ0v) is 16.2. The van der Waals surface area contributed by atoms with Gasteiger partial charge in [0.05, 0.1) is 19.5 Å². The van der Waals surface area contributed by atoms with Gasteiger partial charge in [-0.2, -0.15) is 4.99 Å². The highest BCUT2D eigenvalue weighted by Crippen LogP contribution is 2.30. The summed E-state index contributed by atoms with van der Waals surface area (Å²) in [7, 11) is 1.27. The molecule has 0 spiro atoms. The lowest BCUT2D eigenvalue weighted by molar-refractivity contribution is -0.146. The number of rotatable bonds is 8. The topological polar surface area (TPSA) is 111 Å². The first-order valence-corrected chi connectivity index (χ1v) is 9.66. The molecule has 1 aliphatic heterocycles. The molecule has 0 saturated heterocycles. The Morgan fingerprint density at radius 1 is 1.36 bits per heavy atom. The molecule has 1 aliphatic rings. The molecule has 8 nitrogen and oxygen atoms in total. The lowest BCUT2D eigenvalue weighted by Gasteiger charge is -2.21. The molecule has 25 heavy (non-hydrogen) atoms. The molecule has 0 aromatic carbocycles. The molecule has 3 atom stereocenters. The quantitative estimate of drug-likeness (QED) is 0.482. The van der Waals surface area contributed by atoms with E-state index in [0.29, 0.717) is 10.8 Å². The van der Waals surface area contributed by atoms with E-state index in [1.54, 1.807) is 6.92 Å². The van der Waals surface area contributed by atoms with Crippen molar-refractivity contribution in [2.45, 2.75) is 38.5 Å². The number of nitrogens with zero attached hydrogens (tertiary/aromatic N) is 1. The summed E-state index contributed by atoms with van der Waals surface area (Å²) in [5, 5.41) is 1.63. The van der Waals surface area contributed by atoms with Crippen molar-refractivity contribution in [1.29, 1.82) is 0 Å². The molecule has 0 aromatic heterocycles. The molecule has 140 valence electrons. The Hall–Kier alpha value is -1.55. The molecule has 0 saturated carbocycles. The number of nitrogens with one attached hydrogen (secondary N) is 1. The Bertz CT molecular complexity index is 566. The summed E-state index contributed by atoms with van der Waals surface area (Å²) in [6.07, 6.45) is 0.700. The first kappa shape index (κ1) is 21.5. The molecular weight excluding hydrogens is 368 g/mol. The van der Waals surface area contributed by atoms with Gasteiger partial charge in [-0.1, -0.05) is 43.8 Å². The van der Waals surface area contributed by atoms with Crippen LogP contribution in [0.15, 0.2) is 4.99 Å². The van der Waals surface area contributed by atoms with E-state index in [2.05, 4.69) is 10.3 Å². The first-order chi connectivity index (χ1) is 11.8. The van der Waals surface area contributed by atoms with E-state index in [4.69, 9.17) is 9.47 Å². The van der Waals surface area contributed by atoms with Crippen LogP contribution in [0.5, 0.6) is 0 Å². The standard InChI is InChI=1S/C15H22N2O6S2/c1-5-8(3)10(13(20)22-4)16-9(18)7-24-15-17-12(19)11(25-15)14(21)23-6-2/h8,10-11H,5-7H2,1-4H3,(H,16,18)/t8-,10-,11-/m1/s1. The van der Waals surface area contributed by atoms with E-state index < -0.39 is 29.1 Å². The van der Waals surface area contributed by atoms with Crippen LogP contribution < -0.4 is 5.32 Å². The average molecular weight is 390 g/mol. The summed E-state index contributed by atoms with van der Waals surface area (Å²) in [5.41, 5.74) is 0. The highest BCUT2D eigenvalue weighted by atomic mass is 32.2. The fourth-order valence-corrected chi connectivity index (χ4v) is 3.79. The molecule has 0 aliphatic carbocycles. The third-order valence-corrected chi connectivity index (χ3v) is 5.77. The molecule has 1 heterocycles. The molecule has 1 rings (SSSR count). The number of aliphatic imine (C=N–C) groups is 1. The minimum absolute atomic E-state index is 0.0292. The minimum Gasteiger partial charge on any atom is -0.467 e. The van der Waals surface area contributed by atoms with E-state index in [0.717, 1.165) is 23.5 Å². The summed E-state index contributed by atoms with van der Waals surface area (Å²) >= 11 is 2.00. The van der Waals surface area contributed by atoms with E-state index in [9.17, 15) is 19.2 Å². The summed E-state index contributed by atoms with van der Waals surface area (Å²) in [6, 6.07) is -0.727. The van der Waals surface area contributed by atoms with Gasteiger partial charge < -0.3 is 14.8 Å². The summed E-state index contributed by atoms with van der Waals surface area (Å²) in [4.78, 5) is 50.9. The second kappa shape index (κ2) is 10.4. The summed E-state index contributed by atoms with van der Waals surface area (Å²) in [6.45, 7) is 5.58. The van der Waals surface area contributed by atoms with E-state index >= 15 is 0 Å². The van der Waals surface area contributed by atoms with Gasteiger partial charge in [-0.25, -0.2) is 4.79 Å². The number of esters is 2. The van der Waals surface area contributed by atoms with Crippen LogP contribution in [0, 0.1) is 5.92 Å². The average Bonchev–Trinajstić information content (AvgIpc) is 2.97. The van der Waals surface area contributed by atoms with Gasteiger partial charge in [0.1, 0.15) is 10.4 Å². The Kier molecular flexibility index (Phi) is 8.98. The van der Waals surface area contributed by atoms with Gasteiger partial charge in [0.25, 0.3) is 5.91 Å². The fourth-order valence-electron chi connectivity index (χ4n) is 1.90. The smallest absolute Gasteiger partial charge is 0.329 e. The molecule has 2 amide bonds. The van der Waals surface area contributed by atoms with Crippen molar-refractivity contribution in [3.63, 3.8) is 0 Å². The van der Waals surface area contributed by atoms with Crippen LogP contribution >= 0.6 is 23.5 Å². The zero-order chi connectivity index (χ0) is 19.0. The second-order valence-electron chi connectivity index (χ2n) is 5.21. The lowest BCUT2D eigenvalue weighted by atomic mass is 9.99. The van der Waals surface area contributed by atoms with Crippen LogP contribution in [-0.2, 0) is 28.7 Å². The first-order valence-electron chi connectivity index (χ1n) is 7.79. The van der Waals surface area contributed by atoms with Gasteiger partial charge in [-0.15, -0.1) is 0 Å². The maximum Gasteiger partial charge on any atom is 0.329 e. The van der Waals surface area contributed by atoms with Crippen molar-refractivity contribution in [3.05, 3.63) is 0 Å². The van der Waals surface area contributed by atoms with Crippen LogP contribution in [0.3, 0.4) is 0 Å². The van der Waals surface area contributed by atoms with Gasteiger partial charge in [0, 0.05) is 0 Å². The normalized spacial score (nSPS) is 19.0. The van der Waals surface area contributed by atoms with Crippen molar-refractivity contribution < 1.29 is 28.7 Å². The van der Waals surface area contributed by atoms with Gasteiger partial charge in [0.15, 0.2) is 5.25 Å².